The third-order valence-electron chi connectivity index (χ3n) is 4.18. The quantitative estimate of drug-likeness (QED) is 0.781. The van der Waals surface area contributed by atoms with Crippen molar-refractivity contribution in [2.24, 2.45) is 0 Å². The van der Waals surface area contributed by atoms with Gasteiger partial charge < -0.3 is 5.11 Å². The molecule has 0 aromatic carbocycles. The van der Waals surface area contributed by atoms with Gasteiger partial charge in [0.15, 0.2) is 5.65 Å². The first-order valence-electron chi connectivity index (χ1n) is 7.77. The van der Waals surface area contributed by atoms with E-state index in [9.17, 15) is 4.79 Å². The number of aliphatic carboxylic acids is 1. The van der Waals surface area contributed by atoms with Crippen LogP contribution in [0.25, 0.3) is 22.2 Å². The number of aromatic nitrogens is 5. The number of rotatable bonds is 5. The summed E-state index contributed by atoms with van der Waals surface area (Å²) in [5.74, 6) is -0.500. The molecule has 1 aliphatic rings. The molecular formula is C16H17N5O2. The second-order valence-corrected chi connectivity index (χ2v) is 5.85. The summed E-state index contributed by atoms with van der Waals surface area (Å²) in [5.41, 5.74) is 3.63. The van der Waals surface area contributed by atoms with Crippen molar-refractivity contribution < 1.29 is 9.90 Å². The second kappa shape index (κ2) is 5.19. The van der Waals surface area contributed by atoms with E-state index in [2.05, 4.69) is 15.2 Å². The lowest BCUT2D eigenvalue weighted by molar-refractivity contribution is -0.137. The molecule has 0 bridgehead atoms. The molecule has 1 fully saturated rings. The first kappa shape index (κ1) is 13.9. The number of aryl methyl sites for hydroxylation is 1. The highest BCUT2D eigenvalue weighted by molar-refractivity contribution is 5.95. The van der Waals surface area contributed by atoms with Crippen LogP contribution in [0, 0.1) is 0 Å². The second-order valence-electron chi connectivity index (χ2n) is 5.85. The molecule has 3 heterocycles. The van der Waals surface area contributed by atoms with E-state index < -0.39 is 5.97 Å². The molecule has 4 rings (SSSR count). The highest BCUT2D eigenvalue weighted by atomic mass is 16.4. The Morgan fingerprint density at radius 1 is 1.43 bits per heavy atom. The number of pyridine rings is 1. The number of carboxylic acids is 1. The smallest absolute Gasteiger partial charge is 0.325 e. The van der Waals surface area contributed by atoms with Gasteiger partial charge in [0.2, 0.25) is 0 Å². The third-order valence-corrected chi connectivity index (χ3v) is 4.18. The Kier molecular flexibility index (Phi) is 3.14. The minimum Gasteiger partial charge on any atom is -0.480 e. The molecule has 1 aliphatic carbocycles. The Morgan fingerprint density at radius 3 is 2.91 bits per heavy atom. The average molecular weight is 311 g/mol. The molecule has 7 nitrogen and oxygen atoms in total. The molecule has 0 amide bonds. The summed E-state index contributed by atoms with van der Waals surface area (Å²) in [6.45, 7) is 2.68. The lowest BCUT2D eigenvalue weighted by Crippen LogP contribution is -2.10. The summed E-state index contributed by atoms with van der Waals surface area (Å²) in [5, 5.41) is 19.0. The van der Waals surface area contributed by atoms with Gasteiger partial charge in [-0.1, -0.05) is 0 Å². The Balaban J connectivity index is 1.94. The van der Waals surface area contributed by atoms with E-state index in [1.54, 1.807) is 6.20 Å². The highest BCUT2D eigenvalue weighted by Crippen LogP contribution is 2.44. The lowest BCUT2D eigenvalue weighted by atomic mass is 10.0. The third kappa shape index (κ3) is 2.38. The van der Waals surface area contributed by atoms with Gasteiger partial charge >= 0.3 is 5.97 Å². The van der Waals surface area contributed by atoms with Gasteiger partial charge in [0.05, 0.1) is 17.3 Å². The van der Waals surface area contributed by atoms with Gasteiger partial charge in [-0.25, -0.2) is 9.67 Å². The predicted octanol–water partition coefficient (Wildman–Crippen LogP) is 2.28. The zero-order valence-electron chi connectivity index (χ0n) is 12.8. The van der Waals surface area contributed by atoms with Crippen molar-refractivity contribution in [3.63, 3.8) is 0 Å². The fourth-order valence-corrected chi connectivity index (χ4v) is 2.92. The Hall–Kier alpha value is -2.70. The van der Waals surface area contributed by atoms with Gasteiger partial charge in [0.1, 0.15) is 6.54 Å². The summed E-state index contributed by atoms with van der Waals surface area (Å²) in [7, 11) is 0. The molecule has 0 radical (unpaired) electrons. The Morgan fingerprint density at radius 2 is 2.26 bits per heavy atom. The van der Waals surface area contributed by atoms with Crippen LogP contribution in [0.3, 0.4) is 0 Å². The summed E-state index contributed by atoms with van der Waals surface area (Å²) < 4.78 is 3.37. The van der Waals surface area contributed by atoms with Crippen LogP contribution < -0.4 is 0 Å². The molecule has 1 N–H and O–H groups in total. The monoisotopic (exact) mass is 311 g/mol. The summed E-state index contributed by atoms with van der Waals surface area (Å²) >= 11 is 0. The molecule has 0 unspecified atom stereocenters. The van der Waals surface area contributed by atoms with Crippen LogP contribution in [-0.4, -0.2) is 35.6 Å². The fourth-order valence-electron chi connectivity index (χ4n) is 2.92. The molecule has 0 spiro atoms. The molecule has 1 saturated carbocycles. The molecule has 0 aliphatic heterocycles. The van der Waals surface area contributed by atoms with Crippen molar-refractivity contribution in [3.8, 4) is 11.1 Å². The molecule has 0 atom stereocenters. The lowest BCUT2D eigenvalue weighted by Gasteiger charge is -2.02. The SMILES string of the molecule is CCn1cc(-c2ccnc3c2c(C2CC2)nn3CC(=O)O)cn1. The van der Waals surface area contributed by atoms with Crippen LogP contribution in [0.4, 0.5) is 0 Å². The zero-order valence-corrected chi connectivity index (χ0v) is 12.8. The number of fused-ring (bicyclic) bond motifs is 1. The molecular weight excluding hydrogens is 294 g/mol. The van der Waals surface area contributed by atoms with E-state index >= 15 is 0 Å². The average Bonchev–Trinajstić information content (AvgIpc) is 3.16. The largest absolute Gasteiger partial charge is 0.480 e. The van der Waals surface area contributed by atoms with Crippen LogP contribution in [0.1, 0.15) is 31.4 Å². The highest BCUT2D eigenvalue weighted by Gasteiger charge is 2.31. The van der Waals surface area contributed by atoms with Crippen molar-refractivity contribution in [3.05, 3.63) is 30.4 Å². The van der Waals surface area contributed by atoms with Gasteiger partial charge in [-0.05, 0) is 31.4 Å². The van der Waals surface area contributed by atoms with Crippen LogP contribution in [-0.2, 0) is 17.9 Å². The van der Waals surface area contributed by atoms with E-state index in [1.165, 1.54) is 4.68 Å². The minimum atomic E-state index is -0.914. The number of hydrogen-bond donors (Lipinski definition) is 1. The van der Waals surface area contributed by atoms with Crippen LogP contribution in [0.5, 0.6) is 0 Å². The van der Waals surface area contributed by atoms with Gasteiger partial charge in [0, 0.05) is 30.4 Å². The molecule has 7 heteroatoms. The van der Waals surface area contributed by atoms with Crippen molar-refractivity contribution in [2.45, 2.75) is 38.8 Å². The number of carboxylic acid groups (broad SMARTS) is 1. The zero-order chi connectivity index (χ0) is 16.0. The van der Waals surface area contributed by atoms with E-state index in [4.69, 9.17) is 5.11 Å². The van der Waals surface area contributed by atoms with Crippen molar-refractivity contribution in [2.75, 3.05) is 0 Å². The maximum absolute atomic E-state index is 11.1. The summed E-state index contributed by atoms with van der Waals surface area (Å²) in [6.07, 6.45) is 7.74. The van der Waals surface area contributed by atoms with Crippen molar-refractivity contribution >= 4 is 17.0 Å². The van der Waals surface area contributed by atoms with E-state index in [-0.39, 0.29) is 6.54 Å². The number of carbonyl (C=O) groups is 1. The first-order chi connectivity index (χ1) is 11.2. The standard InChI is InChI=1S/C16H17N5O2/c1-2-20-8-11(7-18-20)12-5-6-17-16-14(12)15(10-3-4-10)19-21(16)9-13(22)23/h5-8,10H,2-4,9H2,1H3,(H,22,23). The molecule has 23 heavy (non-hydrogen) atoms. The molecule has 118 valence electrons. The Labute approximate surface area is 132 Å². The van der Waals surface area contributed by atoms with Gasteiger partial charge in [-0.2, -0.15) is 10.2 Å². The Bertz CT molecular complexity index is 891. The normalized spacial score (nSPS) is 14.5. The minimum absolute atomic E-state index is 0.173. The van der Waals surface area contributed by atoms with Crippen molar-refractivity contribution in [1.29, 1.82) is 0 Å². The molecule has 3 aromatic heterocycles. The van der Waals surface area contributed by atoms with Crippen LogP contribution in [0.2, 0.25) is 0 Å². The van der Waals surface area contributed by atoms with E-state index in [0.717, 1.165) is 41.6 Å². The molecule has 0 saturated heterocycles. The van der Waals surface area contributed by atoms with Crippen LogP contribution >= 0.6 is 0 Å². The van der Waals surface area contributed by atoms with Gasteiger partial charge in [-0.15, -0.1) is 0 Å². The topological polar surface area (TPSA) is 85.8 Å². The molecule has 3 aromatic rings. The summed E-state index contributed by atoms with van der Waals surface area (Å²) in [6, 6.07) is 1.96. The van der Waals surface area contributed by atoms with E-state index in [0.29, 0.717) is 11.6 Å². The maximum Gasteiger partial charge on any atom is 0.325 e. The van der Waals surface area contributed by atoms with Crippen molar-refractivity contribution in [1.82, 2.24) is 24.5 Å². The van der Waals surface area contributed by atoms with E-state index in [1.807, 2.05) is 30.1 Å². The summed E-state index contributed by atoms with van der Waals surface area (Å²) in [4.78, 5) is 15.5. The first-order valence-corrected chi connectivity index (χ1v) is 7.77. The number of hydrogen-bond acceptors (Lipinski definition) is 4. The van der Waals surface area contributed by atoms with Gasteiger partial charge in [-0.3, -0.25) is 9.48 Å². The number of nitrogens with zero attached hydrogens (tertiary/aromatic N) is 5. The predicted molar refractivity (Wildman–Crippen MR) is 84.0 cm³/mol. The van der Waals surface area contributed by atoms with Crippen LogP contribution in [0.15, 0.2) is 24.7 Å². The maximum atomic E-state index is 11.1. The fraction of sp³-hybridized carbons (Fsp3) is 0.375. The van der Waals surface area contributed by atoms with Gasteiger partial charge in [0.25, 0.3) is 0 Å².